The number of rotatable bonds is 24. The number of amides is 6. The Labute approximate surface area is 329 Å². The van der Waals surface area contributed by atoms with E-state index in [1.54, 1.807) is 27.7 Å². The van der Waals surface area contributed by atoms with Crippen LogP contribution in [-0.2, 0) is 47.9 Å². The van der Waals surface area contributed by atoms with Crippen molar-refractivity contribution in [1.82, 2.24) is 31.9 Å². The summed E-state index contributed by atoms with van der Waals surface area (Å²) in [6, 6.07) is -8.94. The smallest absolute Gasteiger partial charge is 0.327 e. The fraction of sp³-hybridized carbons (Fsp3) is 0.714. The van der Waals surface area contributed by atoms with Crippen LogP contribution in [0.25, 0.3) is 0 Å². The molecule has 1 aliphatic rings. The summed E-state index contributed by atoms with van der Waals surface area (Å²) in [5.41, 5.74) is 0. The molecule has 7 atom stereocenters. The molecule has 6 amide bonds. The van der Waals surface area contributed by atoms with Crippen LogP contribution < -0.4 is 31.9 Å². The minimum atomic E-state index is -2.24. The van der Waals surface area contributed by atoms with Crippen LogP contribution in [0.1, 0.15) is 92.4 Å². The summed E-state index contributed by atoms with van der Waals surface area (Å²) in [5, 5.41) is 52.1. The van der Waals surface area contributed by atoms with Crippen molar-refractivity contribution in [3.63, 3.8) is 0 Å². The molecule has 0 aromatic carbocycles. The number of hydrogen-bond acceptors (Lipinski definition) is 11. The molecule has 1 saturated carbocycles. The maximum Gasteiger partial charge on any atom is 0.327 e. The van der Waals surface area contributed by atoms with Gasteiger partial charge >= 0.3 is 23.9 Å². The van der Waals surface area contributed by atoms with Gasteiger partial charge in [0.05, 0.1) is 6.42 Å². The highest BCUT2D eigenvalue weighted by molar-refractivity contribution is 7.80. The van der Waals surface area contributed by atoms with Crippen molar-refractivity contribution in [2.75, 3.05) is 5.75 Å². The highest BCUT2D eigenvalue weighted by atomic mass is 32.1. The molecule has 0 spiro atoms. The summed E-state index contributed by atoms with van der Waals surface area (Å²) in [6.07, 6.45) is 1.90. The number of carboxylic acids is 4. The van der Waals surface area contributed by atoms with Crippen LogP contribution in [0, 0.1) is 23.7 Å². The number of carbonyl (C=O) groups excluding carboxylic acids is 6. The first kappa shape index (κ1) is 49.1. The zero-order chi connectivity index (χ0) is 42.9. The minimum Gasteiger partial charge on any atom is -0.481 e. The van der Waals surface area contributed by atoms with E-state index in [0.717, 1.165) is 26.2 Å². The van der Waals surface area contributed by atoms with Gasteiger partial charge in [0.25, 0.3) is 0 Å². The summed E-state index contributed by atoms with van der Waals surface area (Å²) < 4.78 is 0. The van der Waals surface area contributed by atoms with E-state index in [2.05, 4.69) is 44.5 Å². The Morgan fingerprint density at radius 3 is 1.55 bits per heavy atom. The maximum atomic E-state index is 13.9. The van der Waals surface area contributed by atoms with Gasteiger partial charge in [-0.15, -0.1) is 0 Å². The highest BCUT2D eigenvalue weighted by Crippen LogP contribution is 2.27. The number of thiol groups is 1. The molecular formula is C35H56N6O14S. The van der Waals surface area contributed by atoms with Crippen molar-refractivity contribution >= 4 is 71.9 Å². The van der Waals surface area contributed by atoms with Crippen LogP contribution in [0.5, 0.6) is 0 Å². The average molecular weight is 817 g/mol. The highest BCUT2D eigenvalue weighted by Gasteiger charge is 2.39. The van der Waals surface area contributed by atoms with Gasteiger partial charge < -0.3 is 52.3 Å². The molecule has 1 aliphatic carbocycles. The molecule has 316 valence electrons. The second-order valence-corrected chi connectivity index (χ2v) is 14.8. The summed E-state index contributed by atoms with van der Waals surface area (Å²) in [5.74, 6) is -15.9. The first-order valence-corrected chi connectivity index (χ1v) is 19.1. The van der Waals surface area contributed by atoms with Crippen LogP contribution in [0.2, 0.25) is 0 Å². The van der Waals surface area contributed by atoms with E-state index in [-0.39, 0.29) is 24.0 Å². The van der Waals surface area contributed by atoms with E-state index in [1.165, 1.54) is 0 Å². The number of hydrogen-bond donors (Lipinski definition) is 11. The average Bonchev–Trinajstić information content (AvgIpc) is 3.11. The molecule has 0 saturated heterocycles. The molecule has 0 bridgehead atoms. The monoisotopic (exact) mass is 816 g/mol. The van der Waals surface area contributed by atoms with Gasteiger partial charge in [-0.3, -0.25) is 43.2 Å². The quantitative estimate of drug-likeness (QED) is 0.0422. The maximum absolute atomic E-state index is 13.9. The molecule has 20 nitrogen and oxygen atoms in total. The third-order valence-electron chi connectivity index (χ3n) is 9.41. The van der Waals surface area contributed by atoms with E-state index in [9.17, 15) is 68.4 Å². The van der Waals surface area contributed by atoms with Crippen LogP contribution in [-0.4, -0.2) is 122 Å². The number of carbonyl (C=O) groups is 10. The van der Waals surface area contributed by atoms with Crippen molar-refractivity contribution in [3.8, 4) is 0 Å². The van der Waals surface area contributed by atoms with Gasteiger partial charge in [-0.1, -0.05) is 53.4 Å². The Balaban J connectivity index is 3.49. The van der Waals surface area contributed by atoms with Gasteiger partial charge in [0.15, 0.2) is 5.92 Å². The fourth-order valence-electron chi connectivity index (χ4n) is 6.16. The predicted octanol–water partition coefficient (Wildman–Crippen LogP) is -0.748. The molecule has 1 fully saturated rings. The molecule has 0 radical (unpaired) electrons. The van der Waals surface area contributed by atoms with Crippen molar-refractivity contribution in [3.05, 3.63) is 0 Å². The Bertz CT molecular complexity index is 1430. The van der Waals surface area contributed by atoms with Crippen LogP contribution in [0.4, 0.5) is 0 Å². The molecule has 0 aromatic rings. The second-order valence-electron chi connectivity index (χ2n) is 14.4. The first-order chi connectivity index (χ1) is 26.1. The van der Waals surface area contributed by atoms with Gasteiger partial charge in [0, 0.05) is 19.1 Å². The molecule has 0 unspecified atom stereocenters. The van der Waals surface area contributed by atoms with E-state index in [1.807, 2.05) is 0 Å². The zero-order valence-corrected chi connectivity index (χ0v) is 33.1. The molecule has 0 heterocycles. The fourth-order valence-corrected chi connectivity index (χ4v) is 6.41. The SMILES string of the molecule is CC[C@H](C)[C@H](NC(=O)[C@H](CC(C)C)NC(=O)[C@@H](CC(C(=O)O)C(=O)O)NC(=O)[C@H](CC(=O)O)NC(C)=O)C(=O)N[C@H](C(=O)N[C@@H](CS)C(=O)O)C1CCCCC1. The molecule has 10 N–H and O–H groups in total. The van der Waals surface area contributed by atoms with Gasteiger partial charge in [0.2, 0.25) is 35.4 Å². The van der Waals surface area contributed by atoms with E-state index >= 15 is 0 Å². The summed E-state index contributed by atoms with van der Waals surface area (Å²) in [7, 11) is 0. The second kappa shape index (κ2) is 23.9. The Hall–Kier alpha value is -4.95. The lowest BCUT2D eigenvalue weighted by atomic mass is 9.83. The van der Waals surface area contributed by atoms with Crippen molar-refractivity contribution in [2.24, 2.45) is 23.7 Å². The normalized spacial score (nSPS) is 16.8. The van der Waals surface area contributed by atoms with Crippen molar-refractivity contribution in [2.45, 2.75) is 129 Å². The zero-order valence-electron chi connectivity index (χ0n) is 32.2. The van der Waals surface area contributed by atoms with Crippen molar-refractivity contribution in [1.29, 1.82) is 0 Å². The third-order valence-corrected chi connectivity index (χ3v) is 9.77. The van der Waals surface area contributed by atoms with E-state index in [0.29, 0.717) is 19.3 Å². The topological polar surface area (TPSA) is 324 Å². The molecule has 21 heteroatoms. The van der Waals surface area contributed by atoms with Gasteiger partial charge in [-0.2, -0.15) is 12.6 Å². The number of nitrogens with one attached hydrogen (secondary N) is 6. The largest absolute Gasteiger partial charge is 0.481 e. The van der Waals surface area contributed by atoms with Crippen molar-refractivity contribution < 1.29 is 68.4 Å². The lowest BCUT2D eigenvalue weighted by Crippen LogP contribution is -2.62. The predicted molar refractivity (Wildman–Crippen MR) is 200 cm³/mol. The molecule has 0 aromatic heterocycles. The molecule has 1 rings (SSSR count). The summed E-state index contributed by atoms with van der Waals surface area (Å²) in [6.45, 7) is 7.78. The Kier molecular flexibility index (Phi) is 20.9. The summed E-state index contributed by atoms with van der Waals surface area (Å²) in [4.78, 5) is 126. The standard InChI is InChI=1S/C35H56N6O14S/c1-6-17(4)26(31(48)41-27(19-10-8-7-9-11-19)32(49)39-24(15-56)35(54)55)40-30(47)21(12-16(2)3)37-28(45)22(13-20(33(50)51)34(52)53)38-29(46)23(14-25(43)44)36-18(5)42/h16-17,19-24,26-27,56H,6-15H2,1-5H3,(H,36,42)(H,37,45)(H,38,46)(H,39,49)(H,40,47)(H,41,48)(H,43,44)(H,50,51)(H,52,53)(H,54,55)/t17-,21-,22+,23-,24-,26-,27-/m0/s1. The van der Waals surface area contributed by atoms with Gasteiger partial charge in [-0.05, 0) is 37.0 Å². The lowest BCUT2D eigenvalue weighted by molar-refractivity contribution is -0.155. The van der Waals surface area contributed by atoms with Gasteiger partial charge in [-0.25, -0.2) is 4.79 Å². The molecule has 56 heavy (non-hydrogen) atoms. The summed E-state index contributed by atoms with van der Waals surface area (Å²) >= 11 is 4.00. The van der Waals surface area contributed by atoms with Crippen LogP contribution in [0.3, 0.4) is 0 Å². The Morgan fingerprint density at radius 2 is 1.11 bits per heavy atom. The molecule has 0 aliphatic heterocycles. The van der Waals surface area contributed by atoms with Gasteiger partial charge in [0.1, 0.15) is 36.3 Å². The van der Waals surface area contributed by atoms with Crippen LogP contribution >= 0.6 is 12.6 Å². The van der Waals surface area contributed by atoms with E-state index in [4.69, 9.17) is 0 Å². The first-order valence-electron chi connectivity index (χ1n) is 18.4. The number of aliphatic carboxylic acids is 4. The van der Waals surface area contributed by atoms with Crippen LogP contribution in [0.15, 0.2) is 0 Å². The van der Waals surface area contributed by atoms with E-state index < -0.39 is 120 Å². The number of carboxylic acid groups (broad SMARTS) is 4. The minimum absolute atomic E-state index is 0.0741. The Morgan fingerprint density at radius 1 is 0.607 bits per heavy atom. The third kappa shape index (κ3) is 16.4. The lowest BCUT2D eigenvalue weighted by Gasteiger charge is -2.33. The molecular weight excluding hydrogens is 760 g/mol.